The van der Waals surface area contributed by atoms with Gasteiger partial charge in [0.15, 0.2) is 5.69 Å². The topological polar surface area (TPSA) is 109 Å². The Labute approximate surface area is 174 Å². The summed E-state index contributed by atoms with van der Waals surface area (Å²) in [6.07, 6.45) is 13.2. The Bertz CT molecular complexity index is 902. The van der Waals surface area contributed by atoms with E-state index < -0.39 is 12.0 Å². The standard InChI is InChI=1S/C14H13N3OS.C5H9NO2.C2H2/c1-3-9-6-5-7-10(8-9)13-17-11(12(15)18)14(19-13)16-4-2;1-6-3-2-4(7)5(6)8;1-2/h1,5-8,16H,4H2,2H3,(H2,15,18);4,7H,2-3H2,1H3;1-2H/t;4-;/m.0./s1. The van der Waals surface area contributed by atoms with Gasteiger partial charge in [-0.15, -0.1) is 19.3 Å². The molecule has 29 heavy (non-hydrogen) atoms. The van der Waals surface area contributed by atoms with E-state index in [9.17, 15) is 9.59 Å². The van der Waals surface area contributed by atoms with Crippen molar-refractivity contribution in [3.63, 3.8) is 0 Å². The zero-order valence-electron chi connectivity index (χ0n) is 16.4. The predicted octanol–water partition coefficient (Wildman–Crippen LogP) is 1.78. The van der Waals surface area contributed by atoms with Crippen molar-refractivity contribution in [1.29, 1.82) is 0 Å². The molecule has 8 heteroatoms. The van der Waals surface area contributed by atoms with E-state index in [2.05, 4.69) is 29.1 Å². The first-order valence-corrected chi connectivity index (χ1v) is 9.57. The fraction of sp³-hybridized carbons (Fsp3) is 0.286. The van der Waals surface area contributed by atoms with Gasteiger partial charge in [-0.1, -0.05) is 29.4 Å². The number of anilines is 1. The minimum absolute atomic E-state index is 0.148. The summed E-state index contributed by atoms with van der Waals surface area (Å²) in [5.41, 5.74) is 7.25. The fourth-order valence-corrected chi connectivity index (χ4v) is 3.47. The number of likely N-dealkylation sites (tertiary alicyclic amines) is 1. The summed E-state index contributed by atoms with van der Waals surface area (Å²) in [6, 6.07) is 7.47. The summed E-state index contributed by atoms with van der Waals surface area (Å²) >= 11 is 1.39. The third-order valence-electron chi connectivity index (χ3n) is 3.87. The third-order valence-corrected chi connectivity index (χ3v) is 4.94. The second kappa shape index (κ2) is 11.5. The van der Waals surface area contributed by atoms with Crippen LogP contribution in [0.3, 0.4) is 0 Å². The van der Waals surface area contributed by atoms with Crippen LogP contribution in [0, 0.1) is 25.2 Å². The molecule has 2 heterocycles. The van der Waals surface area contributed by atoms with Crippen LogP contribution in [-0.4, -0.2) is 53.0 Å². The van der Waals surface area contributed by atoms with Gasteiger partial charge < -0.3 is 21.1 Å². The maximum absolute atomic E-state index is 11.4. The number of carbonyl (C=O) groups excluding carboxylic acids is 2. The van der Waals surface area contributed by atoms with Gasteiger partial charge in [0.05, 0.1) is 0 Å². The lowest BCUT2D eigenvalue weighted by molar-refractivity contribution is -0.133. The van der Waals surface area contributed by atoms with Crippen molar-refractivity contribution in [2.75, 3.05) is 25.5 Å². The van der Waals surface area contributed by atoms with E-state index in [1.54, 1.807) is 7.05 Å². The van der Waals surface area contributed by atoms with E-state index >= 15 is 0 Å². The Morgan fingerprint density at radius 1 is 1.48 bits per heavy atom. The normalized spacial score (nSPS) is 14.7. The molecule has 2 aromatic rings. The summed E-state index contributed by atoms with van der Waals surface area (Å²) in [4.78, 5) is 27.8. The number of likely N-dealkylation sites (N-methyl/N-ethyl adjacent to an activating group) is 1. The first-order chi connectivity index (χ1) is 13.9. The molecule has 152 valence electrons. The number of hydrogen-bond donors (Lipinski definition) is 3. The highest BCUT2D eigenvalue weighted by Crippen LogP contribution is 2.32. The van der Waals surface area contributed by atoms with Gasteiger partial charge in [-0.05, 0) is 25.5 Å². The number of carbonyl (C=O) groups is 2. The van der Waals surface area contributed by atoms with Crippen molar-refractivity contribution in [2.45, 2.75) is 19.4 Å². The van der Waals surface area contributed by atoms with Gasteiger partial charge >= 0.3 is 0 Å². The zero-order chi connectivity index (χ0) is 22.0. The van der Waals surface area contributed by atoms with Crippen LogP contribution in [0.5, 0.6) is 0 Å². The number of amides is 2. The van der Waals surface area contributed by atoms with Crippen molar-refractivity contribution in [3.05, 3.63) is 35.5 Å². The van der Waals surface area contributed by atoms with E-state index in [0.29, 0.717) is 24.5 Å². The highest BCUT2D eigenvalue weighted by atomic mass is 32.1. The molecule has 0 unspecified atom stereocenters. The van der Waals surface area contributed by atoms with Crippen LogP contribution in [0.2, 0.25) is 0 Å². The molecule has 3 rings (SSSR count). The van der Waals surface area contributed by atoms with Crippen LogP contribution in [0.4, 0.5) is 5.00 Å². The smallest absolute Gasteiger partial charge is 0.270 e. The second-order valence-electron chi connectivity index (χ2n) is 5.88. The van der Waals surface area contributed by atoms with Crippen molar-refractivity contribution in [2.24, 2.45) is 5.73 Å². The van der Waals surface area contributed by atoms with Crippen LogP contribution < -0.4 is 11.1 Å². The zero-order valence-corrected chi connectivity index (χ0v) is 17.2. The van der Waals surface area contributed by atoms with Crippen molar-refractivity contribution >= 4 is 28.2 Å². The lowest BCUT2D eigenvalue weighted by atomic mass is 10.1. The summed E-state index contributed by atoms with van der Waals surface area (Å²) in [7, 11) is 1.69. The molecule has 1 aliphatic rings. The quantitative estimate of drug-likeness (QED) is 0.664. The molecular weight excluding hydrogens is 388 g/mol. The molecule has 1 aromatic carbocycles. The minimum atomic E-state index is -0.722. The van der Waals surface area contributed by atoms with Gasteiger partial charge in [-0.2, -0.15) is 0 Å². The summed E-state index contributed by atoms with van der Waals surface area (Å²) in [5, 5.41) is 13.3. The highest BCUT2D eigenvalue weighted by molar-refractivity contribution is 7.19. The molecule has 1 aliphatic heterocycles. The molecule has 1 aromatic heterocycles. The highest BCUT2D eigenvalue weighted by Gasteiger charge is 2.26. The van der Waals surface area contributed by atoms with Crippen LogP contribution in [0.1, 0.15) is 29.4 Å². The van der Waals surface area contributed by atoms with Crippen LogP contribution in [0.15, 0.2) is 24.3 Å². The lowest BCUT2D eigenvalue weighted by Gasteiger charge is -2.04. The van der Waals surface area contributed by atoms with Crippen molar-refractivity contribution in [1.82, 2.24) is 9.88 Å². The first-order valence-electron chi connectivity index (χ1n) is 8.75. The number of nitrogens with zero attached hydrogens (tertiary/aromatic N) is 2. The first kappa shape index (κ1) is 23.7. The Morgan fingerprint density at radius 2 is 2.17 bits per heavy atom. The van der Waals surface area contributed by atoms with E-state index in [1.807, 2.05) is 31.2 Å². The van der Waals surface area contributed by atoms with E-state index in [1.165, 1.54) is 16.2 Å². The van der Waals surface area contributed by atoms with Gasteiger partial charge in [-0.3, -0.25) is 9.59 Å². The van der Waals surface area contributed by atoms with Crippen LogP contribution in [0.25, 0.3) is 10.6 Å². The van der Waals surface area contributed by atoms with Gasteiger partial charge in [-0.25, -0.2) is 4.98 Å². The lowest BCUT2D eigenvalue weighted by Crippen LogP contribution is -2.24. The molecule has 0 aliphatic carbocycles. The number of aliphatic hydroxyl groups excluding tert-OH is 1. The van der Waals surface area contributed by atoms with Crippen molar-refractivity contribution in [3.8, 4) is 35.8 Å². The van der Waals surface area contributed by atoms with Crippen LogP contribution in [-0.2, 0) is 4.79 Å². The number of hydrogen-bond acceptors (Lipinski definition) is 6. The maximum Gasteiger partial charge on any atom is 0.270 e. The molecule has 4 N–H and O–H groups in total. The van der Waals surface area contributed by atoms with E-state index in [0.717, 1.165) is 16.1 Å². The van der Waals surface area contributed by atoms with E-state index in [4.69, 9.17) is 17.3 Å². The van der Waals surface area contributed by atoms with Crippen LogP contribution >= 0.6 is 11.3 Å². The Morgan fingerprint density at radius 3 is 2.62 bits per heavy atom. The monoisotopic (exact) mass is 412 g/mol. The molecule has 0 saturated carbocycles. The molecule has 2 amide bonds. The summed E-state index contributed by atoms with van der Waals surface area (Å²) in [6.45, 7) is 3.34. The molecule has 0 radical (unpaired) electrons. The van der Waals surface area contributed by atoms with E-state index in [-0.39, 0.29) is 11.6 Å². The Balaban J connectivity index is 0.000000351. The Kier molecular flexibility index (Phi) is 9.40. The summed E-state index contributed by atoms with van der Waals surface area (Å²) in [5.74, 6) is 1.89. The maximum atomic E-state index is 11.4. The molecule has 0 spiro atoms. The molecular formula is C21H24N4O3S. The number of thiazole rings is 1. The SMILES string of the molecule is C#C.C#Cc1cccc(-c2nc(C(N)=O)c(NCC)s2)c1.CN1CC[C@H](O)C1=O. The summed E-state index contributed by atoms with van der Waals surface area (Å²) < 4.78 is 0. The fourth-order valence-electron chi connectivity index (χ4n) is 2.44. The number of nitrogens with two attached hydrogens (primary N) is 1. The number of nitrogens with one attached hydrogen (secondary N) is 1. The van der Waals surface area contributed by atoms with Gasteiger partial charge in [0.1, 0.15) is 16.1 Å². The largest absolute Gasteiger partial charge is 0.383 e. The van der Waals surface area contributed by atoms with Gasteiger partial charge in [0, 0.05) is 31.3 Å². The number of rotatable bonds is 4. The second-order valence-corrected chi connectivity index (χ2v) is 6.88. The molecule has 1 fully saturated rings. The number of aliphatic hydroxyl groups is 1. The Hall–Kier alpha value is -3.33. The molecule has 1 saturated heterocycles. The van der Waals surface area contributed by atoms with Crippen molar-refractivity contribution < 1.29 is 14.7 Å². The average Bonchev–Trinajstić information content (AvgIpc) is 3.29. The molecule has 1 atom stereocenters. The van der Waals surface area contributed by atoms with Gasteiger partial charge in [0.2, 0.25) is 0 Å². The number of benzene rings is 1. The predicted molar refractivity (Wildman–Crippen MR) is 116 cm³/mol. The average molecular weight is 413 g/mol. The molecule has 7 nitrogen and oxygen atoms in total. The number of aromatic nitrogens is 1. The third kappa shape index (κ3) is 6.35. The number of primary amides is 1. The minimum Gasteiger partial charge on any atom is -0.383 e. The molecule has 0 bridgehead atoms. The number of terminal acetylenes is 2. The van der Waals surface area contributed by atoms with Gasteiger partial charge in [0.25, 0.3) is 11.8 Å².